The van der Waals surface area contributed by atoms with Crippen LogP contribution in [0.1, 0.15) is 31.9 Å². The van der Waals surface area contributed by atoms with Crippen molar-refractivity contribution in [2.45, 2.75) is 45.4 Å². The summed E-state index contributed by atoms with van der Waals surface area (Å²) in [6.45, 7) is 5.46. The number of nitrogens with one attached hydrogen (secondary N) is 2. The first-order valence-corrected chi connectivity index (χ1v) is 12.5. The molecule has 7 nitrogen and oxygen atoms in total. The molecule has 0 unspecified atom stereocenters. The summed E-state index contributed by atoms with van der Waals surface area (Å²) < 4.78 is 11.4. The summed E-state index contributed by atoms with van der Waals surface area (Å²) in [5.74, 6) is 0.0599. The van der Waals surface area contributed by atoms with Gasteiger partial charge < -0.3 is 14.8 Å². The van der Waals surface area contributed by atoms with Gasteiger partial charge in [0.2, 0.25) is 0 Å². The van der Waals surface area contributed by atoms with Gasteiger partial charge >= 0.3 is 0 Å². The van der Waals surface area contributed by atoms with Gasteiger partial charge in [0.15, 0.2) is 6.10 Å². The van der Waals surface area contributed by atoms with E-state index in [4.69, 9.17) is 32.7 Å². The van der Waals surface area contributed by atoms with Crippen molar-refractivity contribution in [3.8, 4) is 11.5 Å². The van der Waals surface area contributed by atoms with Crippen molar-refractivity contribution in [1.82, 2.24) is 10.7 Å². The van der Waals surface area contributed by atoms with E-state index in [1.165, 1.54) is 12.3 Å². The molecule has 0 aromatic heterocycles. The van der Waals surface area contributed by atoms with Gasteiger partial charge in [-0.1, -0.05) is 65.7 Å². The second kappa shape index (κ2) is 13.7. The zero-order chi connectivity index (χ0) is 26.8. The molecule has 2 atom stereocenters. The summed E-state index contributed by atoms with van der Waals surface area (Å²) in [7, 11) is 0. The van der Waals surface area contributed by atoms with Crippen molar-refractivity contribution < 1.29 is 19.1 Å². The highest BCUT2D eigenvalue weighted by atomic mass is 35.5. The predicted octanol–water partition coefficient (Wildman–Crippen LogP) is 5.43. The smallest absolute Gasteiger partial charge is 0.262 e. The topological polar surface area (TPSA) is 89.0 Å². The van der Waals surface area contributed by atoms with Gasteiger partial charge in [0.1, 0.15) is 17.5 Å². The normalized spacial score (nSPS) is 12.7. The maximum absolute atomic E-state index is 13.0. The van der Waals surface area contributed by atoms with E-state index in [1.807, 2.05) is 68.4 Å². The molecular formula is C28H29Cl2N3O4. The van der Waals surface area contributed by atoms with Crippen LogP contribution in [-0.4, -0.2) is 36.3 Å². The van der Waals surface area contributed by atoms with Crippen molar-refractivity contribution in [3.05, 3.63) is 94.0 Å². The van der Waals surface area contributed by atoms with Gasteiger partial charge in [0.25, 0.3) is 11.8 Å². The Bertz CT molecular complexity index is 1240. The molecule has 0 spiro atoms. The molecule has 0 aliphatic rings. The minimum absolute atomic E-state index is 0.0383. The van der Waals surface area contributed by atoms with Crippen molar-refractivity contribution in [3.63, 3.8) is 0 Å². The number of ether oxygens (including phenoxy) is 2. The van der Waals surface area contributed by atoms with Gasteiger partial charge in [-0.05, 0) is 62.2 Å². The first-order chi connectivity index (χ1) is 17.7. The third kappa shape index (κ3) is 9.12. The molecule has 3 rings (SSSR count). The quantitative estimate of drug-likeness (QED) is 0.250. The molecule has 0 saturated carbocycles. The van der Waals surface area contributed by atoms with E-state index in [-0.39, 0.29) is 17.5 Å². The Morgan fingerprint density at radius 3 is 2.38 bits per heavy atom. The Hall–Kier alpha value is -3.55. The van der Waals surface area contributed by atoms with Crippen molar-refractivity contribution in [1.29, 1.82) is 0 Å². The monoisotopic (exact) mass is 541 g/mol. The predicted molar refractivity (Wildman–Crippen MR) is 147 cm³/mol. The molecule has 0 aliphatic carbocycles. The summed E-state index contributed by atoms with van der Waals surface area (Å²) >= 11 is 12.1. The molecule has 2 amide bonds. The zero-order valence-electron chi connectivity index (χ0n) is 20.8. The first kappa shape index (κ1) is 28.0. The lowest BCUT2D eigenvalue weighted by Gasteiger charge is -2.21. The Kier molecular flexibility index (Phi) is 10.4. The number of rotatable bonds is 11. The van der Waals surface area contributed by atoms with Crippen LogP contribution in [0.4, 0.5) is 0 Å². The Labute approximate surface area is 226 Å². The fraction of sp³-hybridized carbons (Fsp3) is 0.250. The van der Waals surface area contributed by atoms with E-state index in [9.17, 15) is 9.59 Å². The van der Waals surface area contributed by atoms with Gasteiger partial charge in [-0.25, -0.2) is 5.43 Å². The maximum Gasteiger partial charge on any atom is 0.262 e. The molecule has 0 heterocycles. The molecule has 3 aromatic rings. The Morgan fingerprint density at radius 1 is 0.919 bits per heavy atom. The highest BCUT2D eigenvalue weighted by molar-refractivity contribution is 6.35. The number of nitrogens with zero attached hydrogens (tertiary/aromatic N) is 1. The summed E-state index contributed by atoms with van der Waals surface area (Å²) in [5.41, 5.74) is 4.15. The van der Waals surface area contributed by atoms with Gasteiger partial charge in [-0.15, -0.1) is 0 Å². The number of hydrazone groups is 1. The van der Waals surface area contributed by atoms with E-state index in [0.717, 1.165) is 11.1 Å². The van der Waals surface area contributed by atoms with Crippen LogP contribution in [0, 0.1) is 0 Å². The molecule has 2 N–H and O–H groups in total. The molecule has 9 heteroatoms. The molecule has 0 bridgehead atoms. The maximum atomic E-state index is 13.0. The number of halogens is 2. The second-order valence-electron chi connectivity index (χ2n) is 8.56. The molecule has 37 heavy (non-hydrogen) atoms. The molecule has 0 saturated heterocycles. The van der Waals surface area contributed by atoms with Gasteiger partial charge in [-0.3, -0.25) is 9.59 Å². The lowest BCUT2D eigenvalue weighted by molar-refractivity contribution is -0.132. The number of amides is 2. The molecule has 3 aromatic carbocycles. The third-order valence-electron chi connectivity index (χ3n) is 5.10. The highest BCUT2D eigenvalue weighted by Crippen LogP contribution is 2.28. The Morgan fingerprint density at radius 2 is 1.68 bits per heavy atom. The van der Waals surface area contributed by atoms with Gasteiger partial charge in [-0.2, -0.15) is 5.10 Å². The fourth-order valence-electron chi connectivity index (χ4n) is 3.35. The highest BCUT2D eigenvalue weighted by Gasteiger charge is 2.25. The zero-order valence-corrected chi connectivity index (χ0v) is 22.3. The van der Waals surface area contributed by atoms with Crippen LogP contribution in [0.25, 0.3) is 0 Å². The number of hydrogen-bond donors (Lipinski definition) is 2. The molecular weight excluding hydrogens is 513 g/mol. The van der Waals surface area contributed by atoms with E-state index < -0.39 is 24.0 Å². The minimum atomic E-state index is -0.919. The van der Waals surface area contributed by atoms with Crippen molar-refractivity contribution >= 4 is 41.2 Å². The molecule has 0 aliphatic heterocycles. The van der Waals surface area contributed by atoms with Gasteiger partial charge in [0.05, 0.1) is 17.3 Å². The first-order valence-electron chi connectivity index (χ1n) is 11.8. The summed E-state index contributed by atoms with van der Waals surface area (Å²) in [4.78, 5) is 25.9. The van der Waals surface area contributed by atoms with Crippen LogP contribution in [0.3, 0.4) is 0 Å². The van der Waals surface area contributed by atoms with Crippen LogP contribution >= 0.6 is 23.2 Å². The lowest BCUT2D eigenvalue weighted by atomic mass is 10.1. The SMILES string of the molecule is CC(C)Oc1cccc(/C=N\NC(=O)[C@@H](Cc2ccccc2)NC(=O)[C@@H](C)Oc2ccc(Cl)cc2Cl)c1. The number of benzene rings is 3. The Balaban J connectivity index is 1.68. The molecule has 0 radical (unpaired) electrons. The summed E-state index contributed by atoms with van der Waals surface area (Å²) in [6, 6.07) is 20.5. The van der Waals surface area contributed by atoms with Crippen LogP contribution in [0.15, 0.2) is 77.9 Å². The third-order valence-corrected chi connectivity index (χ3v) is 5.63. The van der Waals surface area contributed by atoms with Crippen molar-refractivity contribution in [2.24, 2.45) is 5.10 Å². The lowest BCUT2D eigenvalue weighted by Crippen LogP contribution is -2.50. The van der Waals surface area contributed by atoms with Crippen molar-refractivity contribution in [2.75, 3.05) is 0 Å². The molecule has 0 fully saturated rings. The number of carbonyl (C=O) groups is 2. The minimum Gasteiger partial charge on any atom is -0.491 e. The number of carbonyl (C=O) groups excluding carboxylic acids is 2. The van der Waals surface area contributed by atoms with Crippen LogP contribution < -0.4 is 20.2 Å². The van der Waals surface area contributed by atoms with E-state index in [2.05, 4.69) is 15.8 Å². The average molecular weight is 542 g/mol. The largest absolute Gasteiger partial charge is 0.491 e. The van der Waals surface area contributed by atoms with Crippen LogP contribution in [-0.2, 0) is 16.0 Å². The van der Waals surface area contributed by atoms with Crippen LogP contribution in [0.2, 0.25) is 10.0 Å². The summed E-state index contributed by atoms with van der Waals surface area (Å²) in [6.07, 6.45) is 0.897. The van der Waals surface area contributed by atoms with E-state index in [0.29, 0.717) is 16.5 Å². The fourth-order valence-corrected chi connectivity index (χ4v) is 3.80. The number of hydrogen-bond acceptors (Lipinski definition) is 5. The van der Waals surface area contributed by atoms with Crippen LogP contribution in [0.5, 0.6) is 11.5 Å². The second-order valence-corrected chi connectivity index (χ2v) is 9.40. The average Bonchev–Trinajstić information content (AvgIpc) is 2.85. The summed E-state index contributed by atoms with van der Waals surface area (Å²) in [5, 5.41) is 7.56. The standard InChI is InChI=1S/C28H29Cl2N3O4/c1-18(2)36-23-11-7-10-21(14-23)17-31-33-28(35)25(15-20-8-5-4-6-9-20)32-27(34)19(3)37-26-13-12-22(29)16-24(26)30/h4-14,16-19,25H,15H2,1-3H3,(H,32,34)(H,33,35)/b31-17-/t19-,25-/m1/s1. The van der Waals surface area contributed by atoms with Gasteiger partial charge in [0, 0.05) is 11.4 Å². The van der Waals surface area contributed by atoms with E-state index in [1.54, 1.807) is 19.1 Å². The molecule has 194 valence electrons. The van der Waals surface area contributed by atoms with E-state index >= 15 is 0 Å².